The number of aliphatic carboxylic acids is 1. The molecule has 128 valence electrons. The SMILES string of the molecule is Cc1ccc(S(=O)(=O)OCCc2cccc(OCC(=O)O)c2)cc1. The van der Waals surface area contributed by atoms with E-state index in [4.69, 9.17) is 14.0 Å². The standard InChI is InChI=1S/C17H18O6S/c1-13-5-7-16(8-6-13)24(20,21)23-10-9-14-3-2-4-15(11-14)22-12-17(18)19/h2-8,11H,9-10,12H2,1H3,(H,18,19). The van der Waals surface area contributed by atoms with Gasteiger partial charge in [-0.05, 0) is 43.2 Å². The molecule has 0 aliphatic heterocycles. The van der Waals surface area contributed by atoms with Gasteiger partial charge in [0.1, 0.15) is 5.75 Å². The Morgan fingerprint density at radius 3 is 2.50 bits per heavy atom. The van der Waals surface area contributed by atoms with Crippen molar-refractivity contribution < 1.29 is 27.2 Å². The van der Waals surface area contributed by atoms with Gasteiger partial charge in [0.15, 0.2) is 6.61 Å². The lowest BCUT2D eigenvalue weighted by Crippen LogP contribution is -2.10. The van der Waals surface area contributed by atoms with E-state index in [1.54, 1.807) is 36.4 Å². The molecule has 2 aromatic carbocycles. The number of carboxylic acid groups (broad SMARTS) is 1. The third-order valence-electron chi connectivity index (χ3n) is 3.20. The van der Waals surface area contributed by atoms with Crippen molar-refractivity contribution in [2.75, 3.05) is 13.2 Å². The third-order valence-corrected chi connectivity index (χ3v) is 4.53. The Morgan fingerprint density at radius 2 is 1.83 bits per heavy atom. The fourth-order valence-corrected chi connectivity index (χ4v) is 2.89. The van der Waals surface area contributed by atoms with Gasteiger partial charge >= 0.3 is 5.97 Å². The molecule has 0 unspecified atom stereocenters. The van der Waals surface area contributed by atoms with Gasteiger partial charge in [0, 0.05) is 0 Å². The lowest BCUT2D eigenvalue weighted by atomic mass is 10.1. The van der Waals surface area contributed by atoms with Crippen LogP contribution in [0.2, 0.25) is 0 Å². The van der Waals surface area contributed by atoms with E-state index in [1.807, 2.05) is 6.92 Å². The molecule has 0 aliphatic carbocycles. The van der Waals surface area contributed by atoms with Crippen LogP contribution < -0.4 is 4.74 Å². The summed E-state index contributed by atoms with van der Waals surface area (Å²) in [5.74, 6) is -0.649. The first-order chi connectivity index (χ1) is 11.4. The second-order valence-corrected chi connectivity index (χ2v) is 6.78. The molecule has 0 aliphatic rings. The van der Waals surface area contributed by atoms with Crippen LogP contribution in [0.25, 0.3) is 0 Å². The molecule has 0 saturated heterocycles. The quantitative estimate of drug-likeness (QED) is 0.735. The van der Waals surface area contributed by atoms with Crippen LogP contribution in [-0.4, -0.2) is 32.7 Å². The largest absolute Gasteiger partial charge is 0.482 e. The lowest BCUT2D eigenvalue weighted by Gasteiger charge is -2.08. The van der Waals surface area contributed by atoms with Crippen molar-refractivity contribution in [3.05, 3.63) is 59.7 Å². The summed E-state index contributed by atoms with van der Waals surface area (Å²) in [5, 5.41) is 8.59. The van der Waals surface area contributed by atoms with E-state index in [9.17, 15) is 13.2 Å². The van der Waals surface area contributed by atoms with Crippen LogP contribution >= 0.6 is 0 Å². The van der Waals surface area contributed by atoms with Gasteiger partial charge < -0.3 is 9.84 Å². The number of benzene rings is 2. The second-order valence-electron chi connectivity index (χ2n) is 5.17. The molecule has 1 N–H and O–H groups in total. The molecular weight excluding hydrogens is 332 g/mol. The minimum Gasteiger partial charge on any atom is -0.482 e. The van der Waals surface area contributed by atoms with Gasteiger partial charge in [0.25, 0.3) is 10.1 Å². The molecule has 0 aromatic heterocycles. The van der Waals surface area contributed by atoms with Crippen molar-refractivity contribution in [3.63, 3.8) is 0 Å². The van der Waals surface area contributed by atoms with E-state index >= 15 is 0 Å². The first-order valence-electron chi connectivity index (χ1n) is 7.26. The number of ether oxygens (including phenoxy) is 1. The van der Waals surface area contributed by atoms with Gasteiger partial charge in [0.2, 0.25) is 0 Å². The van der Waals surface area contributed by atoms with E-state index in [0.717, 1.165) is 11.1 Å². The molecular formula is C17H18O6S. The molecule has 2 rings (SSSR count). The van der Waals surface area contributed by atoms with Crippen molar-refractivity contribution in [3.8, 4) is 5.75 Å². The summed E-state index contributed by atoms with van der Waals surface area (Å²) in [5.41, 5.74) is 1.75. The number of carbonyl (C=O) groups is 1. The highest BCUT2D eigenvalue weighted by Crippen LogP contribution is 2.16. The van der Waals surface area contributed by atoms with E-state index < -0.39 is 22.7 Å². The summed E-state index contributed by atoms with van der Waals surface area (Å²) in [6.07, 6.45) is 0.357. The number of rotatable bonds is 8. The molecule has 0 heterocycles. The minimum atomic E-state index is -3.79. The fourth-order valence-electron chi connectivity index (χ4n) is 1.98. The average Bonchev–Trinajstić information content (AvgIpc) is 2.53. The molecule has 0 atom stereocenters. The summed E-state index contributed by atoms with van der Waals surface area (Å²) in [6, 6.07) is 13.2. The Bertz CT molecular complexity index is 796. The zero-order valence-electron chi connectivity index (χ0n) is 13.1. The van der Waals surface area contributed by atoms with Gasteiger partial charge in [-0.1, -0.05) is 29.8 Å². The molecule has 24 heavy (non-hydrogen) atoms. The van der Waals surface area contributed by atoms with Crippen LogP contribution in [-0.2, 0) is 25.5 Å². The molecule has 7 heteroatoms. The number of hydrogen-bond acceptors (Lipinski definition) is 5. The minimum absolute atomic E-state index is 0.0153. The maximum Gasteiger partial charge on any atom is 0.341 e. The number of aryl methyl sites for hydroxylation is 1. The average molecular weight is 350 g/mol. The molecule has 0 saturated carbocycles. The van der Waals surface area contributed by atoms with E-state index in [2.05, 4.69) is 0 Å². The monoisotopic (exact) mass is 350 g/mol. The predicted molar refractivity (Wildman–Crippen MR) is 87.6 cm³/mol. The van der Waals surface area contributed by atoms with E-state index in [-0.39, 0.29) is 11.5 Å². The van der Waals surface area contributed by atoms with Crippen LogP contribution in [0.1, 0.15) is 11.1 Å². The smallest absolute Gasteiger partial charge is 0.341 e. The Morgan fingerprint density at radius 1 is 1.12 bits per heavy atom. The molecule has 6 nitrogen and oxygen atoms in total. The summed E-state index contributed by atoms with van der Waals surface area (Å²) in [4.78, 5) is 10.6. The van der Waals surface area contributed by atoms with Gasteiger partial charge in [-0.25, -0.2) is 4.79 Å². The first-order valence-corrected chi connectivity index (χ1v) is 8.67. The lowest BCUT2D eigenvalue weighted by molar-refractivity contribution is -0.139. The van der Waals surface area contributed by atoms with Gasteiger partial charge in [0.05, 0.1) is 11.5 Å². The highest BCUT2D eigenvalue weighted by molar-refractivity contribution is 7.86. The van der Waals surface area contributed by atoms with Crippen LogP contribution in [0.4, 0.5) is 0 Å². The van der Waals surface area contributed by atoms with Crippen LogP contribution in [0, 0.1) is 6.92 Å². The van der Waals surface area contributed by atoms with Crippen LogP contribution in [0.5, 0.6) is 5.75 Å². The summed E-state index contributed by atoms with van der Waals surface area (Å²) >= 11 is 0. The van der Waals surface area contributed by atoms with Crippen molar-refractivity contribution >= 4 is 16.1 Å². The second kappa shape index (κ2) is 7.94. The van der Waals surface area contributed by atoms with Crippen molar-refractivity contribution in [2.24, 2.45) is 0 Å². The Hall–Kier alpha value is -2.38. The Kier molecular flexibility index (Phi) is 5.94. The highest BCUT2D eigenvalue weighted by Gasteiger charge is 2.14. The maximum atomic E-state index is 12.1. The zero-order valence-corrected chi connectivity index (χ0v) is 14.0. The molecule has 0 bridgehead atoms. The molecule has 0 radical (unpaired) electrons. The van der Waals surface area contributed by atoms with Crippen LogP contribution in [0.3, 0.4) is 0 Å². The van der Waals surface area contributed by atoms with Gasteiger partial charge in [-0.3, -0.25) is 4.18 Å². The molecule has 0 fully saturated rings. The van der Waals surface area contributed by atoms with Crippen molar-refractivity contribution in [1.82, 2.24) is 0 Å². The highest BCUT2D eigenvalue weighted by atomic mass is 32.2. The Balaban J connectivity index is 1.92. The first kappa shape index (κ1) is 18.0. The van der Waals surface area contributed by atoms with E-state index in [1.165, 1.54) is 12.1 Å². The zero-order chi connectivity index (χ0) is 17.6. The summed E-state index contributed by atoms with van der Waals surface area (Å²) < 4.78 is 34.2. The molecule has 0 spiro atoms. The fraction of sp³-hybridized carbons (Fsp3) is 0.235. The Labute approximate surface area is 140 Å². The topological polar surface area (TPSA) is 89.9 Å². The third kappa shape index (κ3) is 5.36. The normalized spacial score (nSPS) is 11.2. The van der Waals surface area contributed by atoms with Crippen molar-refractivity contribution in [1.29, 1.82) is 0 Å². The van der Waals surface area contributed by atoms with Crippen molar-refractivity contribution in [2.45, 2.75) is 18.2 Å². The van der Waals surface area contributed by atoms with Gasteiger partial charge in [-0.2, -0.15) is 8.42 Å². The molecule has 0 amide bonds. The predicted octanol–water partition coefficient (Wildman–Crippen LogP) is 2.41. The van der Waals surface area contributed by atoms with Gasteiger partial charge in [-0.15, -0.1) is 0 Å². The van der Waals surface area contributed by atoms with E-state index in [0.29, 0.717) is 12.2 Å². The number of carboxylic acids is 1. The van der Waals surface area contributed by atoms with Crippen LogP contribution in [0.15, 0.2) is 53.4 Å². The maximum absolute atomic E-state index is 12.1. The summed E-state index contributed by atoms with van der Waals surface area (Å²) in [6.45, 7) is 1.43. The summed E-state index contributed by atoms with van der Waals surface area (Å²) in [7, 11) is -3.79. The molecule has 2 aromatic rings. The number of hydrogen-bond donors (Lipinski definition) is 1.